The van der Waals surface area contributed by atoms with Gasteiger partial charge in [-0.1, -0.05) is 38.1 Å². The highest BCUT2D eigenvalue weighted by Gasteiger charge is 2.02. The lowest BCUT2D eigenvalue weighted by atomic mass is 10.0. The Hall–Kier alpha value is -2.03. The van der Waals surface area contributed by atoms with Crippen molar-refractivity contribution in [1.82, 2.24) is 10.2 Å². The smallest absolute Gasteiger partial charge is 0.170 e. The molecule has 0 bridgehead atoms. The van der Waals surface area contributed by atoms with Crippen LogP contribution >= 0.6 is 0 Å². The third-order valence-electron chi connectivity index (χ3n) is 2.68. The molecule has 0 radical (unpaired) electrons. The van der Waals surface area contributed by atoms with Gasteiger partial charge in [-0.05, 0) is 23.6 Å². The highest BCUT2D eigenvalue weighted by atomic mass is 16.1. The molecule has 1 heterocycles. The van der Waals surface area contributed by atoms with Crippen LogP contribution in [0.2, 0.25) is 0 Å². The number of benzene rings is 1. The molecule has 0 saturated heterocycles. The molecule has 3 heteroatoms. The number of aldehydes is 1. The summed E-state index contributed by atoms with van der Waals surface area (Å²) in [6, 6.07) is 11.7. The number of aromatic nitrogens is 2. The van der Waals surface area contributed by atoms with Crippen molar-refractivity contribution in [3.05, 3.63) is 47.7 Å². The van der Waals surface area contributed by atoms with Gasteiger partial charge in [-0.25, -0.2) is 0 Å². The third-order valence-corrected chi connectivity index (χ3v) is 2.68. The van der Waals surface area contributed by atoms with E-state index in [1.165, 1.54) is 5.56 Å². The van der Waals surface area contributed by atoms with Gasteiger partial charge in [-0.2, -0.15) is 0 Å². The number of carbonyl (C=O) groups is 1. The average molecular weight is 226 g/mol. The van der Waals surface area contributed by atoms with E-state index in [9.17, 15) is 4.79 Å². The van der Waals surface area contributed by atoms with Crippen molar-refractivity contribution >= 4 is 6.29 Å². The number of carbonyl (C=O) groups excluding carboxylic acids is 1. The van der Waals surface area contributed by atoms with Crippen molar-refractivity contribution in [3.63, 3.8) is 0 Å². The van der Waals surface area contributed by atoms with Crippen LogP contribution in [-0.4, -0.2) is 16.5 Å². The molecule has 0 saturated carbocycles. The molecule has 1 aromatic heterocycles. The van der Waals surface area contributed by atoms with Crippen molar-refractivity contribution in [2.75, 3.05) is 0 Å². The highest BCUT2D eigenvalue weighted by molar-refractivity contribution is 5.72. The molecule has 0 aliphatic rings. The summed E-state index contributed by atoms with van der Waals surface area (Å²) in [6.07, 6.45) is 0.693. The van der Waals surface area contributed by atoms with Gasteiger partial charge in [0.05, 0.1) is 5.69 Å². The maximum atomic E-state index is 10.5. The monoisotopic (exact) mass is 226 g/mol. The summed E-state index contributed by atoms with van der Waals surface area (Å²) in [6.45, 7) is 4.32. The average Bonchev–Trinajstić information content (AvgIpc) is 2.39. The van der Waals surface area contributed by atoms with Gasteiger partial charge in [0.25, 0.3) is 0 Å². The molecule has 2 aromatic rings. The number of rotatable bonds is 3. The van der Waals surface area contributed by atoms with Gasteiger partial charge in [-0.15, -0.1) is 10.2 Å². The summed E-state index contributed by atoms with van der Waals surface area (Å²) < 4.78 is 0. The molecule has 0 fully saturated rings. The largest absolute Gasteiger partial charge is 0.296 e. The van der Waals surface area contributed by atoms with Crippen molar-refractivity contribution in [2.45, 2.75) is 19.8 Å². The molecular weight excluding hydrogens is 212 g/mol. The zero-order chi connectivity index (χ0) is 12.3. The molecule has 0 aliphatic heterocycles. The lowest BCUT2D eigenvalue weighted by Crippen LogP contribution is -1.93. The molecule has 0 unspecified atom stereocenters. The van der Waals surface area contributed by atoms with E-state index < -0.39 is 0 Å². The quantitative estimate of drug-likeness (QED) is 0.755. The fraction of sp³-hybridized carbons (Fsp3) is 0.214. The molecule has 0 atom stereocenters. The Bertz CT molecular complexity index is 501. The van der Waals surface area contributed by atoms with E-state index in [4.69, 9.17) is 0 Å². The SMILES string of the molecule is CC(C)c1ccc(-c2ccc(C=O)nn2)cc1. The molecule has 17 heavy (non-hydrogen) atoms. The number of hydrogen-bond donors (Lipinski definition) is 0. The van der Waals surface area contributed by atoms with Crippen LogP contribution in [0.5, 0.6) is 0 Å². The van der Waals surface area contributed by atoms with Gasteiger partial charge >= 0.3 is 0 Å². The first kappa shape index (κ1) is 11.5. The predicted molar refractivity (Wildman–Crippen MR) is 66.9 cm³/mol. The zero-order valence-corrected chi connectivity index (χ0v) is 9.92. The van der Waals surface area contributed by atoms with Crippen LogP contribution in [0.25, 0.3) is 11.3 Å². The van der Waals surface area contributed by atoms with E-state index in [2.05, 4.69) is 36.2 Å². The molecule has 3 nitrogen and oxygen atoms in total. The van der Waals surface area contributed by atoms with Crippen molar-refractivity contribution in [1.29, 1.82) is 0 Å². The van der Waals surface area contributed by atoms with E-state index in [-0.39, 0.29) is 0 Å². The van der Waals surface area contributed by atoms with Gasteiger partial charge in [0.15, 0.2) is 6.29 Å². The van der Waals surface area contributed by atoms with Crippen LogP contribution in [0, 0.1) is 0 Å². The molecule has 0 aliphatic carbocycles. The van der Waals surface area contributed by atoms with Crippen LogP contribution in [0.1, 0.15) is 35.8 Å². The van der Waals surface area contributed by atoms with Crippen LogP contribution in [0.15, 0.2) is 36.4 Å². The Morgan fingerprint density at radius 2 is 1.71 bits per heavy atom. The van der Waals surface area contributed by atoms with E-state index in [1.807, 2.05) is 12.1 Å². The molecule has 1 aromatic carbocycles. The Morgan fingerprint density at radius 1 is 1.00 bits per heavy atom. The van der Waals surface area contributed by atoms with E-state index in [0.29, 0.717) is 17.9 Å². The molecule has 86 valence electrons. The Kier molecular flexibility index (Phi) is 3.28. The summed E-state index contributed by atoms with van der Waals surface area (Å²) in [7, 11) is 0. The Morgan fingerprint density at radius 3 is 2.18 bits per heavy atom. The molecular formula is C14H14N2O. The topological polar surface area (TPSA) is 42.9 Å². The summed E-state index contributed by atoms with van der Waals surface area (Å²) in [5.41, 5.74) is 3.45. The first-order valence-corrected chi connectivity index (χ1v) is 5.60. The van der Waals surface area contributed by atoms with E-state index in [0.717, 1.165) is 11.3 Å². The molecule has 2 rings (SSSR count). The van der Waals surface area contributed by atoms with E-state index >= 15 is 0 Å². The Balaban J connectivity index is 2.29. The maximum Gasteiger partial charge on any atom is 0.170 e. The molecule has 0 N–H and O–H groups in total. The lowest BCUT2D eigenvalue weighted by molar-refractivity contribution is 0.111. The second-order valence-electron chi connectivity index (χ2n) is 4.24. The summed E-state index contributed by atoms with van der Waals surface area (Å²) in [5, 5.41) is 7.83. The summed E-state index contributed by atoms with van der Waals surface area (Å²) in [4.78, 5) is 10.5. The van der Waals surface area contributed by atoms with Gasteiger partial charge < -0.3 is 0 Å². The van der Waals surface area contributed by atoms with Gasteiger partial charge in [0.1, 0.15) is 5.69 Å². The first-order valence-electron chi connectivity index (χ1n) is 5.60. The zero-order valence-electron chi connectivity index (χ0n) is 9.92. The summed E-state index contributed by atoms with van der Waals surface area (Å²) >= 11 is 0. The lowest BCUT2D eigenvalue weighted by Gasteiger charge is -2.06. The van der Waals surface area contributed by atoms with Crippen molar-refractivity contribution in [2.24, 2.45) is 0 Å². The minimum atomic E-state index is 0.354. The maximum absolute atomic E-state index is 10.5. The van der Waals surface area contributed by atoms with Crippen molar-refractivity contribution < 1.29 is 4.79 Å². The van der Waals surface area contributed by atoms with Crippen LogP contribution in [0.3, 0.4) is 0 Å². The molecule has 0 spiro atoms. The third kappa shape index (κ3) is 2.56. The predicted octanol–water partition coefficient (Wildman–Crippen LogP) is 3.08. The fourth-order valence-electron chi connectivity index (χ4n) is 1.60. The van der Waals surface area contributed by atoms with Crippen molar-refractivity contribution in [3.8, 4) is 11.3 Å². The summed E-state index contributed by atoms with van der Waals surface area (Å²) in [5.74, 6) is 0.521. The van der Waals surface area contributed by atoms with Gasteiger partial charge in [0, 0.05) is 5.56 Å². The molecule has 0 amide bonds. The van der Waals surface area contributed by atoms with Gasteiger partial charge in [-0.3, -0.25) is 4.79 Å². The standard InChI is InChI=1S/C14H14N2O/c1-10(2)11-3-5-12(6-4-11)14-8-7-13(9-17)15-16-14/h3-10H,1-2H3. The van der Waals surface area contributed by atoms with Crippen LogP contribution in [0.4, 0.5) is 0 Å². The normalized spacial score (nSPS) is 10.5. The minimum Gasteiger partial charge on any atom is -0.296 e. The second kappa shape index (κ2) is 4.87. The highest BCUT2D eigenvalue weighted by Crippen LogP contribution is 2.20. The minimum absolute atomic E-state index is 0.354. The number of hydrogen-bond acceptors (Lipinski definition) is 3. The van der Waals surface area contributed by atoms with Crippen LogP contribution in [-0.2, 0) is 0 Å². The number of nitrogens with zero attached hydrogens (tertiary/aromatic N) is 2. The van der Waals surface area contributed by atoms with Crippen LogP contribution < -0.4 is 0 Å². The Labute approximate surface area is 101 Å². The van der Waals surface area contributed by atoms with Gasteiger partial charge in [0.2, 0.25) is 0 Å². The fourth-order valence-corrected chi connectivity index (χ4v) is 1.60. The second-order valence-corrected chi connectivity index (χ2v) is 4.24. The first-order chi connectivity index (χ1) is 8.20. The van der Waals surface area contributed by atoms with E-state index in [1.54, 1.807) is 12.1 Å².